The van der Waals surface area contributed by atoms with Crippen LogP contribution in [-0.4, -0.2) is 0 Å². The third-order valence-electron chi connectivity index (χ3n) is 0.910. The summed E-state index contributed by atoms with van der Waals surface area (Å²) in [4.78, 5) is 0. The molecule has 0 radical (unpaired) electrons. The SMILES string of the molecule is C/C=C/C/C=C\CC. The van der Waals surface area contributed by atoms with E-state index >= 15 is 0 Å². The van der Waals surface area contributed by atoms with Crippen LogP contribution in [0.3, 0.4) is 0 Å². The quantitative estimate of drug-likeness (QED) is 0.490. The average molecular weight is 110 g/mol. The van der Waals surface area contributed by atoms with Crippen molar-refractivity contribution in [1.82, 2.24) is 0 Å². The summed E-state index contributed by atoms with van der Waals surface area (Å²) < 4.78 is 0. The molecule has 0 saturated heterocycles. The van der Waals surface area contributed by atoms with Crippen LogP contribution in [0.2, 0.25) is 0 Å². The fourth-order valence-corrected chi connectivity index (χ4v) is 0.478. The molecule has 0 aliphatic heterocycles. The molecule has 0 aromatic heterocycles. The van der Waals surface area contributed by atoms with E-state index in [-0.39, 0.29) is 0 Å². The van der Waals surface area contributed by atoms with Gasteiger partial charge in [0.1, 0.15) is 0 Å². The molecular formula is C8H14. The highest BCUT2D eigenvalue weighted by atomic mass is 13.7. The lowest BCUT2D eigenvalue weighted by Gasteiger charge is -1.77. The van der Waals surface area contributed by atoms with Gasteiger partial charge in [-0.2, -0.15) is 0 Å². The first kappa shape index (κ1) is 7.48. The number of allylic oxidation sites excluding steroid dienone is 4. The minimum Gasteiger partial charge on any atom is -0.0914 e. The van der Waals surface area contributed by atoms with E-state index < -0.39 is 0 Å². The van der Waals surface area contributed by atoms with Gasteiger partial charge in [0.05, 0.1) is 0 Å². The lowest BCUT2D eigenvalue weighted by atomic mass is 10.3. The Hall–Kier alpha value is -0.520. The molecule has 0 amide bonds. The smallest absolute Gasteiger partial charge is 0.0169 e. The van der Waals surface area contributed by atoms with Crippen molar-refractivity contribution in [2.75, 3.05) is 0 Å². The second kappa shape index (κ2) is 6.48. The molecule has 0 fully saturated rings. The maximum absolute atomic E-state index is 2.18. The van der Waals surface area contributed by atoms with E-state index in [4.69, 9.17) is 0 Å². The first-order valence-electron chi connectivity index (χ1n) is 3.18. The predicted molar refractivity (Wildman–Crippen MR) is 38.9 cm³/mol. The minimum absolute atomic E-state index is 1.09. The Morgan fingerprint density at radius 3 is 2.38 bits per heavy atom. The number of rotatable bonds is 3. The Labute approximate surface area is 51.9 Å². The summed E-state index contributed by atoms with van der Waals surface area (Å²) in [5, 5.41) is 0. The van der Waals surface area contributed by atoms with Crippen LogP contribution in [0.4, 0.5) is 0 Å². The van der Waals surface area contributed by atoms with Crippen LogP contribution in [0, 0.1) is 0 Å². The van der Waals surface area contributed by atoms with E-state index in [2.05, 4.69) is 31.2 Å². The van der Waals surface area contributed by atoms with Crippen molar-refractivity contribution in [3.63, 3.8) is 0 Å². The Bertz CT molecular complexity index is 78.0. The van der Waals surface area contributed by atoms with Gasteiger partial charge >= 0.3 is 0 Å². The van der Waals surface area contributed by atoms with Gasteiger partial charge in [-0.25, -0.2) is 0 Å². The molecule has 0 nitrogen and oxygen atoms in total. The van der Waals surface area contributed by atoms with Crippen LogP contribution in [-0.2, 0) is 0 Å². The molecule has 0 heteroatoms. The monoisotopic (exact) mass is 110 g/mol. The largest absolute Gasteiger partial charge is 0.0914 e. The topological polar surface area (TPSA) is 0 Å². The van der Waals surface area contributed by atoms with Crippen molar-refractivity contribution in [3.05, 3.63) is 24.3 Å². The van der Waals surface area contributed by atoms with E-state index in [0.717, 1.165) is 12.8 Å². The Balaban J connectivity index is 3.03. The maximum atomic E-state index is 2.18. The summed E-state index contributed by atoms with van der Waals surface area (Å²) in [6, 6.07) is 0. The third-order valence-corrected chi connectivity index (χ3v) is 0.910. The maximum Gasteiger partial charge on any atom is -0.0169 e. The van der Waals surface area contributed by atoms with Gasteiger partial charge < -0.3 is 0 Å². The van der Waals surface area contributed by atoms with Crippen LogP contribution in [0.25, 0.3) is 0 Å². The molecule has 0 rings (SSSR count). The molecular weight excluding hydrogens is 96.1 g/mol. The van der Waals surface area contributed by atoms with Crippen molar-refractivity contribution in [2.45, 2.75) is 26.7 Å². The number of hydrogen-bond donors (Lipinski definition) is 0. The molecule has 0 atom stereocenters. The summed E-state index contributed by atoms with van der Waals surface area (Å²) >= 11 is 0. The average Bonchev–Trinajstić information content (AvgIpc) is 1.81. The van der Waals surface area contributed by atoms with Gasteiger partial charge in [-0.15, -0.1) is 0 Å². The molecule has 0 bridgehead atoms. The van der Waals surface area contributed by atoms with E-state index in [0.29, 0.717) is 0 Å². The fourth-order valence-electron chi connectivity index (χ4n) is 0.478. The summed E-state index contributed by atoms with van der Waals surface area (Å²) in [6.07, 6.45) is 10.8. The lowest BCUT2D eigenvalue weighted by molar-refractivity contribution is 1.20. The van der Waals surface area contributed by atoms with Gasteiger partial charge in [0.25, 0.3) is 0 Å². The predicted octanol–water partition coefficient (Wildman–Crippen LogP) is 2.92. The summed E-state index contributed by atoms with van der Waals surface area (Å²) in [7, 11) is 0. The van der Waals surface area contributed by atoms with Crippen molar-refractivity contribution >= 4 is 0 Å². The van der Waals surface area contributed by atoms with Gasteiger partial charge in [-0.1, -0.05) is 31.2 Å². The Kier molecular flexibility index (Phi) is 6.06. The normalized spacial score (nSPS) is 11.8. The first-order chi connectivity index (χ1) is 3.91. The second-order valence-electron chi connectivity index (χ2n) is 1.68. The second-order valence-corrected chi connectivity index (χ2v) is 1.68. The summed E-state index contributed by atoms with van der Waals surface area (Å²) in [5.74, 6) is 0. The van der Waals surface area contributed by atoms with E-state index in [1.807, 2.05) is 6.92 Å². The molecule has 0 N–H and O–H groups in total. The van der Waals surface area contributed by atoms with Gasteiger partial charge in [-0.05, 0) is 19.8 Å². The van der Waals surface area contributed by atoms with Crippen LogP contribution in [0.5, 0.6) is 0 Å². The molecule has 0 unspecified atom stereocenters. The van der Waals surface area contributed by atoms with E-state index in [1.165, 1.54) is 0 Å². The van der Waals surface area contributed by atoms with Gasteiger partial charge in [0.15, 0.2) is 0 Å². The van der Waals surface area contributed by atoms with Gasteiger partial charge in [0.2, 0.25) is 0 Å². The molecule has 0 heterocycles. The molecule has 46 valence electrons. The summed E-state index contributed by atoms with van der Waals surface area (Å²) in [6.45, 7) is 4.19. The zero-order chi connectivity index (χ0) is 6.24. The van der Waals surface area contributed by atoms with Crippen molar-refractivity contribution in [3.8, 4) is 0 Å². The van der Waals surface area contributed by atoms with Crippen LogP contribution in [0.1, 0.15) is 26.7 Å². The Morgan fingerprint density at radius 1 is 1.12 bits per heavy atom. The standard InChI is InChI=1S/C8H14/c1-3-5-7-8-6-4-2/h3,5-6,8H,4,7H2,1-2H3/b5-3+,8-6-. The summed E-state index contributed by atoms with van der Waals surface area (Å²) in [5.41, 5.74) is 0. The van der Waals surface area contributed by atoms with Gasteiger partial charge in [-0.3, -0.25) is 0 Å². The van der Waals surface area contributed by atoms with Crippen LogP contribution < -0.4 is 0 Å². The highest BCUT2D eigenvalue weighted by molar-refractivity contribution is 4.90. The molecule has 0 aromatic rings. The zero-order valence-electron chi connectivity index (χ0n) is 5.72. The molecule has 0 aliphatic carbocycles. The molecule has 0 aliphatic rings. The van der Waals surface area contributed by atoms with Crippen molar-refractivity contribution < 1.29 is 0 Å². The van der Waals surface area contributed by atoms with Crippen LogP contribution in [0.15, 0.2) is 24.3 Å². The van der Waals surface area contributed by atoms with Gasteiger partial charge in [0, 0.05) is 0 Å². The first-order valence-corrected chi connectivity index (χ1v) is 3.18. The lowest BCUT2D eigenvalue weighted by Crippen LogP contribution is -1.56. The van der Waals surface area contributed by atoms with E-state index in [1.54, 1.807) is 0 Å². The minimum atomic E-state index is 1.09. The van der Waals surface area contributed by atoms with E-state index in [9.17, 15) is 0 Å². The Morgan fingerprint density at radius 2 is 1.88 bits per heavy atom. The molecule has 8 heavy (non-hydrogen) atoms. The highest BCUT2D eigenvalue weighted by Crippen LogP contribution is 1.86. The van der Waals surface area contributed by atoms with Crippen molar-refractivity contribution in [1.29, 1.82) is 0 Å². The van der Waals surface area contributed by atoms with Crippen LogP contribution >= 0.6 is 0 Å². The number of hydrogen-bond acceptors (Lipinski definition) is 0. The highest BCUT2D eigenvalue weighted by Gasteiger charge is 1.65. The third kappa shape index (κ3) is 5.48. The molecule has 0 spiro atoms. The molecule has 0 aromatic carbocycles. The van der Waals surface area contributed by atoms with Crippen molar-refractivity contribution in [2.24, 2.45) is 0 Å². The molecule has 0 saturated carbocycles. The fraction of sp³-hybridized carbons (Fsp3) is 0.500. The zero-order valence-corrected chi connectivity index (χ0v) is 5.72.